The topological polar surface area (TPSA) is 78.2 Å². The zero-order valence-corrected chi connectivity index (χ0v) is 9.50. The summed E-state index contributed by atoms with van der Waals surface area (Å²) in [6.07, 6.45) is -3.05. The molecule has 20 heavy (non-hydrogen) atoms. The number of alkyl halides is 3. The smallest absolute Gasteiger partial charge is 0.362 e. The summed E-state index contributed by atoms with van der Waals surface area (Å²) in [5, 5.41) is 14.1. The van der Waals surface area contributed by atoms with Crippen molar-refractivity contribution in [2.75, 3.05) is 0 Å². The van der Waals surface area contributed by atoms with Gasteiger partial charge in [-0.1, -0.05) is 6.57 Å². The molecule has 0 bridgehead atoms. The number of aromatic nitrogens is 3. The molecule has 0 unspecified atom stereocenters. The van der Waals surface area contributed by atoms with Crippen LogP contribution in [0.2, 0.25) is 0 Å². The molecule has 0 aromatic carbocycles. The van der Waals surface area contributed by atoms with E-state index in [9.17, 15) is 23.3 Å². The van der Waals surface area contributed by atoms with E-state index in [1.165, 1.54) is 6.07 Å². The standard InChI is InChI=1S/C10H4F3N5O2/c1-14-8-2-3-16-17(8)9-7(10(11,12)13)4-6(5-15-9)18(19)20/h2-5H. The summed E-state index contributed by atoms with van der Waals surface area (Å²) >= 11 is 0. The number of nitrogens with zero attached hydrogens (tertiary/aromatic N) is 5. The van der Waals surface area contributed by atoms with Crippen LogP contribution in [-0.2, 0) is 6.18 Å². The molecule has 0 aliphatic carbocycles. The van der Waals surface area contributed by atoms with Crippen molar-refractivity contribution < 1.29 is 18.1 Å². The van der Waals surface area contributed by atoms with Crippen molar-refractivity contribution in [3.8, 4) is 5.82 Å². The molecular weight excluding hydrogens is 279 g/mol. The fourth-order valence-corrected chi connectivity index (χ4v) is 1.47. The van der Waals surface area contributed by atoms with Crippen molar-refractivity contribution in [2.24, 2.45) is 0 Å². The lowest BCUT2D eigenvalue weighted by Gasteiger charge is -2.09. The molecule has 7 nitrogen and oxygen atoms in total. The van der Waals surface area contributed by atoms with E-state index in [2.05, 4.69) is 14.9 Å². The van der Waals surface area contributed by atoms with Crippen molar-refractivity contribution in [3.63, 3.8) is 0 Å². The Kier molecular flexibility index (Phi) is 3.11. The van der Waals surface area contributed by atoms with Gasteiger partial charge in [0.15, 0.2) is 0 Å². The molecule has 0 radical (unpaired) electrons. The van der Waals surface area contributed by atoms with Gasteiger partial charge in [-0.05, 0) is 6.07 Å². The SMILES string of the molecule is [C-]#[N+]c1ccnn1-c1ncc([N+](=O)[O-])cc1C(F)(F)F. The number of hydrogen-bond donors (Lipinski definition) is 0. The van der Waals surface area contributed by atoms with E-state index >= 15 is 0 Å². The number of pyridine rings is 1. The lowest BCUT2D eigenvalue weighted by molar-refractivity contribution is -0.385. The van der Waals surface area contributed by atoms with Crippen LogP contribution in [0.1, 0.15) is 5.56 Å². The minimum absolute atomic E-state index is 0.183. The van der Waals surface area contributed by atoms with Gasteiger partial charge in [-0.25, -0.2) is 4.98 Å². The van der Waals surface area contributed by atoms with Gasteiger partial charge in [0.25, 0.3) is 11.5 Å². The van der Waals surface area contributed by atoms with Gasteiger partial charge in [0.2, 0.25) is 5.82 Å². The number of rotatable bonds is 2. The van der Waals surface area contributed by atoms with E-state index in [0.29, 0.717) is 16.9 Å². The number of halogens is 3. The van der Waals surface area contributed by atoms with Gasteiger partial charge < -0.3 is 4.85 Å². The predicted molar refractivity (Wildman–Crippen MR) is 59.3 cm³/mol. The Balaban J connectivity index is 2.71. The highest BCUT2D eigenvalue weighted by molar-refractivity contribution is 5.49. The second kappa shape index (κ2) is 4.61. The average Bonchev–Trinajstić information content (AvgIpc) is 2.85. The van der Waals surface area contributed by atoms with Crippen molar-refractivity contribution in [3.05, 3.63) is 51.6 Å². The molecule has 102 valence electrons. The van der Waals surface area contributed by atoms with Crippen LogP contribution in [0.3, 0.4) is 0 Å². The van der Waals surface area contributed by atoms with E-state index in [1.807, 2.05) is 0 Å². The highest BCUT2D eigenvalue weighted by atomic mass is 19.4. The molecule has 0 saturated heterocycles. The average molecular weight is 283 g/mol. The lowest BCUT2D eigenvalue weighted by Crippen LogP contribution is -2.13. The van der Waals surface area contributed by atoms with Crippen LogP contribution in [0.4, 0.5) is 24.7 Å². The van der Waals surface area contributed by atoms with E-state index < -0.39 is 28.2 Å². The summed E-state index contributed by atoms with van der Waals surface area (Å²) in [5.74, 6) is -0.865. The third-order valence-corrected chi connectivity index (χ3v) is 2.31. The van der Waals surface area contributed by atoms with Crippen molar-refractivity contribution in [1.29, 1.82) is 0 Å². The van der Waals surface area contributed by atoms with Crippen LogP contribution in [0, 0.1) is 16.7 Å². The predicted octanol–water partition coefficient (Wildman–Crippen LogP) is 2.75. The van der Waals surface area contributed by atoms with E-state index in [0.717, 1.165) is 6.20 Å². The second-order valence-electron chi connectivity index (χ2n) is 3.53. The molecule has 2 heterocycles. The first-order valence-electron chi connectivity index (χ1n) is 4.98. The van der Waals surface area contributed by atoms with Crippen LogP contribution in [0.15, 0.2) is 24.5 Å². The van der Waals surface area contributed by atoms with Crippen LogP contribution in [0.5, 0.6) is 0 Å². The van der Waals surface area contributed by atoms with Gasteiger partial charge in [0.1, 0.15) is 11.8 Å². The number of hydrogen-bond acceptors (Lipinski definition) is 4. The summed E-state index contributed by atoms with van der Waals surface area (Å²) in [6.45, 7) is 6.83. The Morgan fingerprint density at radius 1 is 1.45 bits per heavy atom. The monoisotopic (exact) mass is 283 g/mol. The maximum absolute atomic E-state index is 12.9. The van der Waals surface area contributed by atoms with Gasteiger partial charge in [-0.3, -0.25) is 10.1 Å². The Labute approximate surface area is 109 Å². The zero-order valence-electron chi connectivity index (χ0n) is 9.50. The largest absolute Gasteiger partial charge is 0.422 e. The molecule has 0 saturated carbocycles. The third-order valence-electron chi connectivity index (χ3n) is 2.31. The Morgan fingerprint density at radius 2 is 2.15 bits per heavy atom. The summed E-state index contributed by atoms with van der Waals surface area (Å²) in [4.78, 5) is 16.0. The highest BCUT2D eigenvalue weighted by Crippen LogP contribution is 2.35. The molecule has 2 rings (SSSR count). The molecule has 0 fully saturated rings. The molecular formula is C10H4F3N5O2. The van der Waals surface area contributed by atoms with Gasteiger partial charge in [-0.2, -0.15) is 13.2 Å². The molecule has 0 atom stereocenters. The quantitative estimate of drug-likeness (QED) is 0.482. The molecule has 0 N–H and O–H groups in total. The fraction of sp³-hybridized carbons (Fsp3) is 0.100. The Morgan fingerprint density at radius 3 is 2.70 bits per heavy atom. The highest BCUT2D eigenvalue weighted by Gasteiger charge is 2.39. The molecule has 2 aromatic rings. The first-order valence-corrected chi connectivity index (χ1v) is 4.98. The minimum atomic E-state index is -4.86. The maximum Gasteiger partial charge on any atom is 0.422 e. The Hall–Kier alpha value is -2.96. The Bertz CT molecular complexity index is 716. The van der Waals surface area contributed by atoms with Gasteiger partial charge in [0.05, 0.1) is 11.1 Å². The normalized spacial score (nSPS) is 11.1. The van der Waals surface area contributed by atoms with E-state index in [4.69, 9.17) is 6.57 Å². The van der Waals surface area contributed by atoms with Crippen molar-refractivity contribution >= 4 is 11.5 Å². The summed E-state index contributed by atoms with van der Waals surface area (Å²) in [5.41, 5.74) is -2.13. The maximum atomic E-state index is 12.9. The van der Waals surface area contributed by atoms with Crippen molar-refractivity contribution in [2.45, 2.75) is 6.18 Å². The molecule has 2 aromatic heterocycles. The molecule has 0 aliphatic heterocycles. The molecule has 10 heteroatoms. The van der Waals surface area contributed by atoms with Crippen molar-refractivity contribution in [1.82, 2.24) is 14.8 Å². The summed E-state index contributed by atoms with van der Waals surface area (Å²) < 4.78 is 39.5. The summed E-state index contributed by atoms with van der Waals surface area (Å²) in [7, 11) is 0. The first-order chi connectivity index (χ1) is 9.34. The third kappa shape index (κ3) is 2.28. The fourth-order valence-electron chi connectivity index (χ4n) is 1.47. The first kappa shape index (κ1) is 13.5. The van der Waals surface area contributed by atoms with E-state index in [1.54, 1.807) is 0 Å². The molecule has 0 amide bonds. The van der Waals surface area contributed by atoms with Crippen LogP contribution >= 0.6 is 0 Å². The lowest BCUT2D eigenvalue weighted by atomic mass is 10.2. The second-order valence-corrected chi connectivity index (χ2v) is 3.53. The van der Waals surface area contributed by atoms with Gasteiger partial charge in [0, 0.05) is 6.07 Å². The van der Waals surface area contributed by atoms with E-state index in [-0.39, 0.29) is 5.82 Å². The van der Waals surface area contributed by atoms with Crippen LogP contribution in [-0.4, -0.2) is 19.7 Å². The molecule has 0 aliphatic rings. The minimum Gasteiger partial charge on any atom is -0.362 e. The molecule has 0 spiro atoms. The zero-order chi connectivity index (χ0) is 14.9. The summed E-state index contributed by atoms with van der Waals surface area (Å²) in [6, 6.07) is 1.56. The van der Waals surface area contributed by atoms with Gasteiger partial charge in [-0.15, -0.1) is 9.78 Å². The van der Waals surface area contributed by atoms with Crippen LogP contribution < -0.4 is 0 Å². The van der Waals surface area contributed by atoms with Crippen LogP contribution in [0.25, 0.3) is 10.7 Å². The van der Waals surface area contributed by atoms with Gasteiger partial charge >= 0.3 is 6.18 Å². The number of nitro groups is 1.